The number of ether oxygens (including phenoxy) is 3. The first-order valence-electron chi connectivity index (χ1n) is 7.30. The Bertz CT molecular complexity index is 773. The van der Waals surface area contributed by atoms with Gasteiger partial charge in [-0.3, -0.25) is 4.79 Å². The normalized spacial score (nSPS) is 13.2. The van der Waals surface area contributed by atoms with Crippen LogP contribution < -0.4 is 20.5 Å². The molecule has 0 spiro atoms. The van der Waals surface area contributed by atoms with Gasteiger partial charge in [0.25, 0.3) is 5.91 Å². The van der Waals surface area contributed by atoms with Gasteiger partial charge in [0.2, 0.25) is 6.79 Å². The monoisotopic (exact) mass is 328 g/mol. The number of esters is 1. The molecule has 0 saturated heterocycles. The van der Waals surface area contributed by atoms with E-state index in [2.05, 4.69) is 5.32 Å². The fourth-order valence-electron chi connectivity index (χ4n) is 2.12. The largest absolute Gasteiger partial charge is 0.454 e. The summed E-state index contributed by atoms with van der Waals surface area (Å²) in [6, 6.07) is 11.3. The molecule has 7 nitrogen and oxygen atoms in total. The molecule has 3 rings (SSSR count). The van der Waals surface area contributed by atoms with Crippen LogP contribution in [0.15, 0.2) is 42.5 Å². The van der Waals surface area contributed by atoms with E-state index in [0.717, 1.165) is 0 Å². The lowest BCUT2D eigenvalue weighted by Crippen LogP contribution is -2.30. The molecule has 1 aliphatic heterocycles. The zero-order chi connectivity index (χ0) is 17.1. The molecule has 1 atom stereocenters. The van der Waals surface area contributed by atoms with Gasteiger partial charge in [0.05, 0.1) is 5.56 Å². The number of nitrogen functional groups attached to an aromatic ring is 1. The van der Waals surface area contributed by atoms with E-state index in [4.69, 9.17) is 19.9 Å². The van der Waals surface area contributed by atoms with E-state index in [9.17, 15) is 9.59 Å². The fraction of sp³-hybridized carbons (Fsp3) is 0.176. The van der Waals surface area contributed by atoms with E-state index in [-0.39, 0.29) is 6.79 Å². The van der Waals surface area contributed by atoms with Crippen molar-refractivity contribution in [2.45, 2.75) is 13.0 Å². The Hall–Kier alpha value is -3.22. The van der Waals surface area contributed by atoms with E-state index in [1.165, 1.54) is 6.92 Å². The third-order valence-electron chi connectivity index (χ3n) is 3.44. The molecule has 1 heterocycles. The van der Waals surface area contributed by atoms with E-state index in [1.54, 1.807) is 42.5 Å². The second-order valence-electron chi connectivity index (χ2n) is 5.23. The molecule has 24 heavy (non-hydrogen) atoms. The summed E-state index contributed by atoms with van der Waals surface area (Å²) in [5.41, 5.74) is 6.96. The molecule has 0 unspecified atom stereocenters. The van der Waals surface area contributed by atoms with Crippen LogP contribution in [0, 0.1) is 0 Å². The van der Waals surface area contributed by atoms with E-state index in [0.29, 0.717) is 28.4 Å². The van der Waals surface area contributed by atoms with Crippen LogP contribution >= 0.6 is 0 Å². The van der Waals surface area contributed by atoms with E-state index >= 15 is 0 Å². The number of carbonyl (C=O) groups is 2. The molecule has 7 heteroatoms. The van der Waals surface area contributed by atoms with Crippen molar-refractivity contribution in [3.8, 4) is 11.5 Å². The van der Waals surface area contributed by atoms with E-state index < -0.39 is 18.0 Å². The molecule has 0 saturated carbocycles. The maximum Gasteiger partial charge on any atom is 0.338 e. The molecule has 3 N–H and O–H groups in total. The molecule has 1 amide bonds. The predicted molar refractivity (Wildman–Crippen MR) is 86.9 cm³/mol. The Morgan fingerprint density at radius 3 is 2.58 bits per heavy atom. The van der Waals surface area contributed by atoms with Crippen molar-refractivity contribution in [1.82, 2.24) is 0 Å². The zero-order valence-electron chi connectivity index (χ0n) is 12.9. The van der Waals surface area contributed by atoms with Gasteiger partial charge in [0, 0.05) is 17.4 Å². The van der Waals surface area contributed by atoms with Gasteiger partial charge in [0.15, 0.2) is 17.6 Å². The number of hydrogen-bond donors (Lipinski definition) is 2. The Balaban J connectivity index is 1.60. The summed E-state index contributed by atoms with van der Waals surface area (Å²) in [4.78, 5) is 24.2. The van der Waals surface area contributed by atoms with Gasteiger partial charge in [-0.25, -0.2) is 4.79 Å². The minimum atomic E-state index is -0.958. The quantitative estimate of drug-likeness (QED) is 0.659. The minimum absolute atomic E-state index is 0.155. The van der Waals surface area contributed by atoms with Crippen LogP contribution in [0.3, 0.4) is 0 Å². The third kappa shape index (κ3) is 3.40. The maximum absolute atomic E-state index is 12.2. The first-order chi connectivity index (χ1) is 11.5. The van der Waals surface area contributed by atoms with Crippen molar-refractivity contribution >= 4 is 23.3 Å². The van der Waals surface area contributed by atoms with Gasteiger partial charge in [-0.1, -0.05) is 0 Å². The summed E-state index contributed by atoms with van der Waals surface area (Å²) < 4.78 is 15.6. The Labute approximate surface area is 138 Å². The standard InChI is InChI=1S/C17H16N2O5/c1-10(24-17(21)11-2-4-12(18)5-3-11)16(20)19-13-6-7-14-15(8-13)23-9-22-14/h2-8,10H,9,18H2,1H3,(H,19,20)/t10-/m1/s1. The van der Waals surface area contributed by atoms with Gasteiger partial charge < -0.3 is 25.3 Å². The van der Waals surface area contributed by atoms with Crippen LogP contribution in [0.1, 0.15) is 17.3 Å². The number of nitrogens with two attached hydrogens (primary N) is 1. The molecule has 1 aliphatic rings. The zero-order valence-corrected chi connectivity index (χ0v) is 12.9. The molecular formula is C17H16N2O5. The second kappa shape index (κ2) is 6.49. The predicted octanol–water partition coefficient (Wildman–Crippen LogP) is 2.18. The highest BCUT2D eigenvalue weighted by Crippen LogP contribution is 2.34. The van der Waals surface area contributed by atoms with Crippen molar-refractivity contribution in [3.63, 3.8) is 0 Å². The lowest BCUT2D eigenvalue weighted by atomic mass is 10.2. The average molecular weight is 328 g/mol. The first kappa shape index (κ1) is 15.7. The smallest absolute Gasteiger partial charge is 0.338 e. The molecule has 0 radical (unpaired) electrons. The molecule has 2 aromatic rings. The van der Waals surface area contributed by atoms with Crippen molar-refractivity contribution in [3.05, 3.63) is 48.0 Å². The van der Waals surface area contributed by atoms with Crippen LogP contribution in [0.25, 0.3) is 0 Å². The highest BCUT2D eigenvalue weighted by molar-refractivity contribution is 5.97. The highest BCUT2D eigenvalue weighted by Gasteiger charge is 2.20. The lowest BCUT2D eigenvalue weighted by molar-refractivity contribution is -0.123. The lowest BCUT2D eigenvalue weighted by Gasteiger charge is -2.14. The molecule has 0 fully saturated rings. The van der Waals surface area contributed by atoms with Gasteiger partial charge in [-0.15, -0.1) is 0 Å². The number of carbonyl (C=O) groups excluding carboxylic acids is 2. The molecule has 124 valence electrons. The topological polar surface area (TPSA) is 99.9 Å². The van der Waals surface area contributed by atoms with Crippen LogP contribution in [0.5, 0.6) is 11.5 Å². The summed E-state index contributed by atoms with van der Waals surface area (Å²) in [6.45, 7) is 1.65. The number of rotatable bonds is 4. The minimum Gasteiger partial charge on any atom is -0.454 e. The van der Waals surface area contributed by atoms with Crippen molar-refractivity contribution in [2.24, 2.45) is 0 Å². The molecule has 0 aromatic heterocycles. The maximum atomic E-state index is 12.2. The number of hydrogen-bond acceptors (Lipinski definition) is 6. The van der Waals surface area contributed by atoms with E-state index in [1.807, 2.05) is 0 Å². The van der Waals surface area contributed by atoms with Gasteiger partial charge in [-0.05, 0) is 43.3 Å². The summed E-state index contributed by atoms with van der Waals surface area (Å²) in [5.74, 6) is 0.135. The number of amides is 1. The third-order valence-corrected chi connectivity index (χ3v) is 3.44. The average Bonchev–Trinajstić information content (AvgIpc) is 3.03. The summed E-state index contributed by atoms with van der Waals surface area (Å²) in [7, 11) is 0. The number of anilines is 2. The summed E-state index contributed by atoms with van der Waals surface area (Å²) in [6.07, 6.45) is -0.958. The van der Waals surface area contributed by atoms with Crippen LogP contribution in [-0.2, 0) is 9.53 Å². The first-order valence-corrected chi connectivity index (χ1v) is 7.30. The fourth-order valence-corrected chi connectivity index (χ4v) is 2.12. The van der Waals surface area contributed by atoms with Crippen LogP contribution in [0.4, 0.5) is 11.4 Å². The van der Waals surface area contributed by atoms with Gasteiger partial charge in [-0.2, -0.15) is 0 Å². The molecular weight excluding hydrogens is 312 g/mol. The number of fused-ring (bicyclic) bond motifs is 1. The Morgan fingerprint density at radius 2 is 1.83 bits per heavy atom. The Morgan fingerprint density at radius 1 is 1.12 bits per heavy atom. The van der Waals surface area contributed by atoms with Crippen LogP contribution in [-0.4, -0.2) is 24.8 Å². The van der Waals surface area contributed by atoms with Crippen LogP contribution in [0.2, 0.25) is 0 Å². The van der Waals surface area contributed by atoms with Crippen molar-refractivity contribution in [1.29, 1.82) is 0 Å². The van der Waals surface area contributed by atoms with Gasteiger partial charge >= 0.3 is 5.97 Å². The molecule has 2 aromatic carbocycles. The second-order valence-corrected chi connectivity index (χ2v) is 5.23. The van der Waals surface area contributed by atoms with Crippen molar-refractivity contribution in [2.75, 3.05) is 17.8 Å². The molecule has 0 aliphatic carbocycles. The summed E-state index contributed by atoms with van der Waals surface area (Å²) >= 11 is 0. The van der Waals surface area contributed by atoms with Crippen molar-refractivity contribution < 1.29 is 23.8 Å². The number of benzene rings is 2. The number of nitrogens with one attached hydrogen (secondary N) is 1. The highest BCUT2D eigenvalue weighted by atomic mass is 16.7. The Kier molecular flexibility index (Phi) is 4.24. The van der Waals surface area contributed by atoms with Gasteiger partial charge in [0.1, 0.15) is 0 Å². The molecule has 0 bridgehead atoms. The summed E-state index contributed by atoms with van der Waals surface area (Å²) in [5, 5.41) is 2.67. The SMILES string of the molecule is C[C@@H](OC(=O)c1ccc(N)cc1)C(=O)Nc1ccc2c(c1)OCO2.